The molecule has 1 atom stereocenters. The summed E-state index contributed by atoms with van der Waals surface area (Å²) in [5, 5.41) is 6.77. The second kappa shape index (κ2) is 4.59. The molecule has 0 aliphatic heterocycles. The minimum Gasteiger partial charge on any atom is -0.464 e. The second-order valence-electron chi connectivity index (χ2n) is 4.36. The molecule has 18 heavy (non-hydrogen) atoms. The molecule has 2 heterocycles. The highest BCUT2D eigenvalue weighted by molar-refractivity contribution is 7.17. The van der Waals surface area contributed by atoms with Crippen LogP contribution in [-0.4, -0.2) is 7.05 Å². The fourth-order valence-electron chi connectivity index (χ4n) is 2.30. The van der Waals surface area contributed by atoms with Gasteiger partial charge in [-0.3, -0.25) is 0 Å². The summed E-state index contributed by atoms with van der Waals surface area (Å²) < 4.78 is 7.08. The third-order valence-electron chi connectivity index (χ3n) is 3.15. The van der Waals surface area contributed by atoms with E-state index in [0.717, 1.165) is 11.5 Å². The fourth-order valence-corrected chi connectivity index (χ4v) is 3.25. The van der Waals surface area contributed by atoms with Gasteiger partial charge >= 0.3 is 0 Å². The van der Waals surface area contributed by atoms with E-state index >= 15 is 0 Å². The van der Waals surface area contributed by atoms with Crippen LogP contribution in [-0.2, 0) is 0 Å². The Labute approximate surface area is 110 Å². The van der Waals surface area contributed by atoms with Crippen LogP contribution >= 0.6 is 11.3 Å². The first kappa shape index (κ1) is 11.5. The summed E-state index contributed by atoms with van der Waals surface area (Å²) in [5.41, 5.74) is 1.28. The first-order chi connectivity index (χ1) is 8.79. The molecule has 2 nitrogen and oxygen atoms in total. The molecule has 0 saturated carbocycles. The number of hydrogen-bond acceptors (Lipinski definition) is 3. The van der Waals surface area contributed by atoms with E-state index in [1.165, 1.54) is 15.6 Å². The van der Waals surface area contributed by atoms with Gasteiger partial charge in [0.1, 0.15) is 11.5 Å². The molecule has 1 aromatic carbocycles. The topological polar surface area (TPSA) is 25.2 Å². The molecular formula is C15H15NOS. The monoisotopic (exact) mass is 257 g/mol. The van der Waals surface area contributed by atoms with Crippen molar-refractivity contribution < 1.29 is 4.42 Å². The van der Waals surface area contributed by atoms with Crippen molar-refractivity contribution >= 4 is 21.4 Å². The highest BCUT2D eigenvalue weighted by atomic mass is 32.1. The number of fused-ring (bicyclic) bond motifs is 1. The lowest BCUT2D eigenvalue weighted by atomic mass is 10.0. The number of nitrogens with one attached hydrogen (secondary N) is 1. The van der Waals surface area contributed by atoms with Gasteiger partial charge in [0.25, 0.3) is 0 Å². The Hall–Kier alpha value is -1.58. The zero-order valence-corrected chi connectivity index (χ0v) is 11.3. The summed E-state index contributed by atoms with van der Waals surface area (Å²) in [6.07, 6.45) is 0. The third-order valence-corrected chi connectivity index (χ3v) is 4.13. The van der Waals surface area contributed by atoms with Crippen molar-refractivity contribution in [1.29, 1.82) is 0 Å². The molecule has 1 N–H and O–H groups in total. The van der Waals surface area contributed by atoms with E-state index in [1.807, 2.05) is 26.1 Å². The van der Waals surface area contributed by atoms with Gasteiger partial charge in [0, 0.05) is 4.70 Å². The summed E-state index contributed by atoms with van der Waals surface area (Å²) in [4.78, 5) is 0. The van der Waals surface area contributed by atoms with E-state index < -0.39 is 0 Å². The Morgan fingerprint density at radius 2 is 2.06 bits per heavy atom. The SMILES string of the molecule is CNC(c1ccc(C)o1)c1cccc2ccsc12. The zero-order valence-electron chi connectivity index (χ0n) is 10.4. The Morgan fingerprint density at radius 3 is 2.78 bits per heavy atom. The van der Waals surface area contributed by atoms with Crippen LogP contribution in [0.25, 0.3) is 10.1 Å². The van der Waals surface area contributed by atoms with Gasteiger partial charge in [0.15, 0.2) is 0 Å². The van der Waals surface area contributed by atoms with Crippen molar-refractivity contribution in [2.24, 2.45) is 0 Å². The first-order valence-corrected chi connectivity index (χ1v) is 6.87. The Morgan fingerprint density at radius 1 is 1.17 bits per heavy atom. The number of furan rings is 1. The average molecular weight is 257 g/mol. The predicted molar refractivity (Wildman–Crippen MR) is 76.2 cm³/mol. The van der Waals surface area contributed by atoms with Crippen LogP contribution in [0.15, 0.2) is 46.2 Å². The summed E-state index contributed by atoms with van der Waals surface area (Å²) in [6.45, 7) is 1.97. The Kier molecular flexibility index (Phi) is 2.94. The van der Waals surface area contributed by atoms with Crippen LogP contribution in [0.1, 0.15) is 23.1 Å². The van der Waals surface area contributed by atoms with Crippen molar-refractivity contribution in [3.63, 3.8) is 0 Å². The standard InChI is InChI=1S/C15H15NOS/c1-10-6-7-13(17-10)14(16-2)12-5-3-4-11-8-9-18-15(11)12/h3-9,14,16H,1-2H3. The van der Waals surface area contributed by atoms with Crippen LogP contribution < -0.4 is 5.32 Å². The predicted octanol–water partition coefficient (Wildman–Crippen LogP) is 4.11. The lowest BCUT2D eigenvalue weighted by Crippen LogP contribution is -2.17. The summed E-state index contributed by atoms with van der Waals surface area (Å²) in [7, 11) is 1.97. The van der Waals surface area contributed by atoms with Crippen LogP contribution in [0.5, 0.6) is 0 Å². The zero-order chi connectivity index (χ0) is 12.5. The quantitative estimate of drug-likeness (QED) is 0.763. The smallest absolute Gasteiger partial charge is 0.125 e. The summed E-state index contributed by atoms with van der Waals surface area (Å²) in [6, 6.07) is 12.7. The van der Waals surface area contributed by atoms with Crippen LogP contribution in [0.4, 0.5) is 0 Å². The van der Waals surface area contributed by atoms with Crippen LogP contribution in [0.3, 0.4) is 0 Å². The third kappa shape index (κ3) is 1.85. The van der Waals surface area contributed by atoms with Crippen molar-refractivity contribution in [2.45, 2.75) is 13.0 Å². The van der Waals surface area contributed by atoms with E-state index in [2.05, 4.69) is 35.0 Å². The number of hydrogen-bond donors (Lipinski definition) is 1. The van der Waals surface area contributed by atoms with Crippen molar-refractivity contribution in [2.75, 3.05) is 7.05 Å². The van der Waals surface area contributed by atoms with E-state index in [-0.39, 0.29) is 6.04 Å². The number of rotatable bonds is 3. The normalized spacial score (nSPS) is 13.0. The molecule has 3 aromatic rings. The number of aryl methyl sites for hydroxylation is 1. The van der Waals surface area contributed by atoms with Gasteiger partial charge in [0.2, 0.25) is 0 Å². The number of benzene rings is 1. The maximum Gasteiger partial charge on any atom is 0.125 e. The molecule has 2 aromatic heterocycles. The molecule has 1 unspecified atom stereocenters. The van der Waals surface area contributed by atoms with Crippen molar-refractivity contribution in [3.05, 3.63) is 58.9 Å². The fraction of sp³-hybridized carbons (Fsp3) is 0.200. The van der Waals surface area contributed by atoms with Gasteiger partial charge < -0.3 is 9.73 Å². The molecule has 3 heteroatoms. The van der Waals surface area contributed by atoms with E-state index in [4.69, 9.17) is 4.42 Å². The van der Waals surface area contributed by atoms with E-state index in [1.54, 1.807) is 11.3 Å². The van der Waals surface area contributed by atoms with Gasteiger partial charge in [-0.15, -0.1) is 11.3 Å². The van der Waals surface area contributed by atoms with Crippen LogP contribution in [0.2, 0.25) is 0 Å². The highest BCUT2D eigenvalue weighted by Crippen LogP contribution is 2.32. The van der Waals surface area contributed by atoms with E-state index in [0.29, 0.717) is 0 Å². The molecule has 0 radical (unpaired) electrons. The maximum atomic E-state index is 5.76. The molecule has 3 rings (SSSR count). The van der Waals surface area contributed by atoms with E-state index in [9.17, 15) is 0 Å². The van der Waals surface area contributed by atoms with Gasteiger partial charge in [-0.05, 0) is 48.5 Å². The molecule has 0 bridgehead atoms. The Bertz CT molecular complexity index is 668. The molecule has 0 aliphatic rings. The first-order valence-electron chi connectivity index (χ1n) is 5.99. The number of thiophene rings is 1. The lowest BCUT2D eigenvalue weighted by Gasteiger charge is -2.15. The van der Waals surface area contributed by atoms with Crippen molar-refractivity contribution in [3.8, 4) is 0 Å². The van der Waals surface area contributed by atoms with Gasteiger partial charge in [-0.2, -0.15) is 0 Å². The molecule has 0 saturated heterocycles. The van der Waals surface area contributed by atoms with Crippen LogP contribution in [0, 0.1) is 6.92 Å². The largest absolute Gasteiger partial charge is 0.464 e. The molecule has 0 fully saturated rings. The minimum absolute atomic E-state index is 0.112. The van der Waals surface area contributed by atoms with Gasteiger partial charge in [-0.25, -0.2) is 0 Å². The molecule has 0 spiro atoms. The Balaban J connectivity index is 2.14. The van der Waals surface area contributed by atoms with Gasteiger partial charge in [-0.1, -0.05) is 18.2 Å². The molecular weight excluding hydrogens is 242 g/mol. The summed E-state index contributed by atoms with van der Waals surface area (Å²) in [5.74, 6) is 1.92. The summed E-state index contributed by atoms with van der Waals surface area (Å²) >= 11 is 1.78. The molecule has 92 valence electrons. The maximum absolute atomic E-state index is 5.76. The van der Waals surface area contributed by atoms with Gasteiger partial charge in [0.05, 0.1) is 6.04 Å². The minimum atomic E-state index is 0.112. The second-order valence-corrected chi connectivity index (χ2v) is 5.27. The average Bonchev–Trinajstić information content (AvgIpc) is 2.99. The van der Waals surface area contributed by atoms with Crippen molar-refractivity contribution in [1.82, 2.24) is 5.32 Å². The lowest BCUT2D eigenvalue weighted by molar-refractivity contribution is 0.445. The highest BCUT2D eigenvalue weighted by Gasteiger charge is 2.18. The molecule has 0 amide bonds. The molecule has 0 aliphatic carbocycles.